The van der Waals surface area contributed by atoms with E-state index in [1.54, 1.807) is 0 Å². The van der Waals surface area contributed by atoms with Gasteiger partial charge in [-0.05, 0) is 17.1 Å². The van der Waals surface area contributed by atoms with Crippen LogP contribution in [0.1, 0.15) is 5.82 Å². The third kappa shape index (κ3) is 2.71. The van der Waals surface area contributed by atoms with Gasteiger partial charge in [0.25, 0.3) is 0 Å². The van der Waals surface area contributed by atoms with Crippen LogP contribution in [0.2, 0.25) is 0 Å². The highest BCUT2D eigenvalue weighted by Crippen LogP contribution is 2.09. The minimum absolute atomic E-state index is 0.00922. The zero-order chi connectivity index (χ0) is 11.4. The minimum atomic E-state index is -0.536. The maximum atomic E-state index is 10.5. The SMILES string of the molecule is Cn1c([N+](=O)[O-])cnc1/C=N/NC(N)=S. The average Bonchev–Trinajstić information content (AvgIpc) is 2.47. The number of nitro groups is 1. The number of rotatable bonds is 3. The van der Waals surface area contributed by atoms with Crippen LogP contribution in [0.25, 0.3) is 0 Å². The van der Waals surface area contributed by atoms with Crippen LogP contribution in [0.15, 0.2) is 11.3 Å². The molecule has 0 amide bonds. The lowest BCUT2D eigenvalue weighted by molar-refractivity contribution is -0.391. The number of nitrogens with zero attached hydrogens (tertiary/aromatic N) is 4. The first-order chi connectivity index (χ1) is 7.02. The van der Waals surface area contributed by atoms with Crippen LogP contribution < -0.4 is 11.2 Å². The second kappa shape index (κ2) is 4.46. The van der Waals surface area contributed by atoms with Crippen molar-refractivity contribution in [1.82, 2.24) is 15.0 Å². The summed E-state index contributed by atoms with van der Waals surface area (Å²) in [7, 11) is 1.51. The average molecular weight is 228 g/mol. The highest BCUT2D eigenvalue weighted by atomic mass is 32.1. The van der Waals surface area contributed by atoms with Crippen molar-refractivity contribution in [2.24, 2.45) is 17.9 Å². The first-order valence-electron chi connectivity index (χ1n) is 3.77. The topological polar surface area (TPSA) is 111 Å². The molecule has 80 valence electrons. The fourth-order valence-corrected chi connectivity index (χ4v) is 0.910. The summed E-state index contributed by atoms with van der Waals surface area (Å²) in [4.78, 5) is 13.7. The van der Waals surface area contributed by atoms with E-state index in [4.69, 9.17) is 5.73 Å². The van der Waals surface area contributed by atoms with E-state index in [9.17, 15) is 10.1 Å². The van der Waals surface area contributed by atoms with Crippen LogP contribution in [0.3, 0.4) is 0 Å². The predicted molar refractivity (Wildman–Crippen MR) is 57.4 cm³/mol. The van der Waals surface area contributed by atoms with Crippen LogP contribution in [-0.2, 0) is 7.05 Å². The van der Waals surface area contributed by atoms with Gasteiger partial charge in [0.1, 0.15) is 12.4 Å². The highest BCUT2D eigenvalue weighted by Gasteiger charge is 2.14. The number of thiocarbonyl (C=S) groups is 1. The Bertz CT molecular complexity index is 425. The lowest BCUT2D eigenvalue weighted by Gasteiger charge is -1.94. The Hall–Kier alpha value is -2.03. The minimum Gasteiger partial charge on any atom is -0.375 e. The molecule has 1 aromatic rings. The monoisotopic (exact) mass is 228 g/mol. The Morgan fingerprint density at radius 3 is 3.07 bits per heavy atom. The number of hydrazone groups is 1. The van der Waals surface area contributed by atoms with Gasteiger partial charge in [-0.1, -0.05) is 0 Å². The Balaban J connectivity index is 2.83. The third-order valence-corrected chi connectivity index (χ3v) is 1.63. The van der Waals surface area contributed by atoms with Gasteiger partial charge in [0.2, 0.25) is 5.82 Å². The van der Waals surface area contributed by atoms with Crippen molar-refractivity contribution in [2.45, 2.75) is 0 Å². The summed E-state index contributed by atoms with van der Waals surface area (Å²) in [6, 6.07) is 0. The molecule has 1 heterocycles. The molecule has 0 spiro atoms. The fourth-order valence-electron chi connectivity index (χ4n) is 0.858. The summed E-state index contributed by atoms with van der Waals surface area (Å²) in [5.41, 5.74) is 7.43. The van der Waals surface area contributed by atoms with E-state index in [2.05, 4.69) is 27.7 Å². The van der Waals surface area contributed by atoms with Gasteiger partial charge in [0.05, 0.1) is 7.05 Å². The number of hydrogen-bond acceptors (Lipinski definition) is 5. The molecule has 8 nitrogen and oxygen atoms in total. The Morgan fingerprint density at radius 2 is 2.60 bits per heavy atom. The first-order valence-corrected chi connectivity index (χ1v) is 4.18. The van der Waals surface area contributed by atoms with Gasteiger partial charge in [-0.25, -0.2) is 9.55 Å². The van der Waals surface area contributed by atoms with Gasteiger partial charge in [-0.15, -0.1) is 0 Å². The van der Waals surface area contributed by atoms with Crippen molar-refractivity contribution in [3.63, 3.8) is 0 Å². The van der Waals surface area contributed by atoms with Crippen molar-refractivity contribution in [3.05, 3.63) is 22.1 Å². The standard InChI is InChI=1S/C6H8N6O2S/c1-11-4(2-9-10-6(7)15)8-3-5(11)12(13)14/h2-3H,1H3,(H3,7,10,15)/b9-2+. The molecule has 15 heavy (non-hydrogen) atoms. The molecule has 0 fully saturated rings. The van der Waals surface area contributed by atoms with Crippen molar-refractivity contribution in [2.75, 3.05) is 0 Å². The van der Waals surface area contributed by atoms with Crippen LogP contribution in [0.4, 0.5) is 5.82 Å². The molecule has 0 atom stereocenters. The summed E-state index contributed by atoms with van der Waals surface area (Å²) in [5, 5.41) is 14.1. The van der Waals surface area contributed by atoms with Gasteiger partial charge < -0.3 is 15.8 Å². The van der Waals surface area contributed by atoms with Crippen molar-refractivity contribution >= 4 is 29.4 Å². The number of nitrogens with two attached hydrogens (primary N) is 1. The van der Waals surface area contributed by atoms with Crippen molar-refractivity contribution in [3.8, 4) is 0 Å². The number of nitrogens with one attached hydrogen (secondary N) is 1. The Morgan fingerprint density at radius 1 is 1.93 bits per heavy atom. The lowest BCUT2D eigenvalue weighted by Crippen LogP contribution is -2.24. The first kappa shape index (κ1) is 11.0. The van der Waals surface area contributed by atoms with Crippen LogP contribution in [0.5, 0.6) is 0 Å². The summed E-state index contributed by atoms with van der Waals surface area (Å²) in [6.45, 7) is 0. The smallest absolute Gasteiger partial charge is 0.342 e. The molecule has 0 aliphatic rings. The molecule has 9 heteroatoms. The van der Waals surface area contributed by atoms with E-state index in [0.717, 1.165) is 6.20 Å². The zero-order valence-electron chi connectivity index (χ0n) is 7.75. The summed E-state index contributed by atoms with van der Waals surface area (Å²) >= 11 is 4.51. The molecule has 1 aromatic heterocycles. The fraction of sp³-hybridized carbons (Fsp3) is 0.167. The quantitative estimate of drug-likeness (QED) is 0.312. The molecule has 0 aliphatic heterocycles. The molecule has 0 aromatic carbocycles. The molecule has 0 radical (unpaired) electrons. The van der Waals surface area contributed by atoms with E-state index < -0.39 is 4.92 Å². The second-order valence-corrected chi connectivity index (χ2v) is 2.96. The molecule has 1 rings (SSSR count). The van der Waals surface area contributed by atoms with Gasteiger partial charge in [0, 0.05) is 0 Å². The maximum absolute atomic E-state index is 10.5. The summed E-state index contributed by atoms with van der Waals surface area (Å²) in [6.07, 6.45) is 2.42. The van der Waals surface area contributed by atoms with E-state index in [1.807, 2.05) is 0 Å². The van der Waals surface area contributed by atoms with Gasteiger partial charge in [-0.2, -0.15) is 5.10 Å². The number of aromatic nitrogens is 2. The van der Waals surface area contributed by atoms with E-state index in [1.165, 1.54) is 17.8 Å². The number of hydrogen-bond donors (Lipinski definition) is 2. The van der Waals surface area contributed by atoms with E-state index in [-0.39, 0.29) is 10.9 Å². The van der Waals surface area contributed by atoms with E-state index >= 15 is 0 Å². The lowest BCUT2D eigenvalue weighted by atomic mass is 10.6. The molecule has 0 aliphatic carbocycles. The third-order valence-electron chi connectivity index (χ3n) is 1.54. The van der Waals surface area contributed by atoms with Crippen LogP contribution in [0, 0.1) is 10.1 Å². The second-order valence-electron chi connectivity index (χ2n) is 2.52. The molecule has 3 N–H and O–H groups in total. The Labute approximate surface area is 89.9 Å². The molecule has 0 saturated carbocycles. The van der Waals surface area contributed by atoms with Crippen LogP contribution in [-0.4, -0.2) is 25.8 Å². The maximum Gasteiger partial charge on any atom is 0.342 e. The largest absolute Gasteiger partial charge is 0.375 e. The van der Waals surface area contributed by atoms with E-state index in [0.29, 0.717) is 5.82 Å². The zero-order valence-corrected chi connectivity index (χ0v) is 8.56. The molecular weight excluding hydrogens is 220 g/mol. The molecule has 0 saturated heterocycles. The van der Waals surface area contributed by atoms with Gasteiger partial charge >= 0.3 is 5.82 Å². The molecule has 0 unspecified atom stereocenters. The molecule has 0 bridgehead atoms. The van der Waals surface area contributed by atoms with Gasteiger partial charge in [0.15, 0.2) is 5.11 Å². The normalized spacial score (nSPS) is 10.5. The summed E-state index contributed by atoms with van der Waals surface area (Å²) in [5.74, 6) is 0.206. The van der Waals surface area contributed by atoms with Gasteiger partial charge in [-0.3, -0.25) is 5.43 Å². The van der Waals surface area contributed by atoms with Crippen LogP contribution >= 0.6 is 12.2 Å². The predicted octanol–water partition coefficient (Wildman–Crippen LogP) is -0.505. The van der Waals surface area contributed by atoms with Crippen molar-refractivity contribution < 1.29 is 4.92 Å². The summed E-state index contributed by atoms with van der Waals surface area (Å²) < 4.78 is 1.28. The molecular formula is C6H8N6O2S. The number of imidazole rings is 1. The highest BCUT2D eigenvalue weighted by molar-refractivity contribution is 7.80. The van der Waals surface area contributed by atoms with Crippen molar-refractivity contribution in [1.29, 1.82) is 0 Å². The Kier molecular flexibility index (Phi) is 3.29.